The van der Waals surface area contributed by atoms with Gasteiger partial charge in [0.1, 0.15) is 0 Å². The molecule has 0 aromatic rings. The molecule has 0 aromatic carbocycles. The molecule has 0 aliphatic carbocycles. The van der Waals surface area contributed by atoms with Crippen molar-refractivity contribution < 1.29 is 5.21 Å². The van der Waals surface area contributed by atoms with Crippen molar-refractivity contribution in [2.45, 2.75) is 40.0 Å². The molecule has 0 spiro atoms. The predicted molar refractivity (Wildman–Crippen MR) is 52.7 cm³/mol. The maximum Gasteiger partial charge on any atom is 0.0438 e. The lowest BCUT2D eigenvalue weighted by Gasteiger charge is -2.04. The fourth-order valence-electron chi connectivity index (χ4n) is 1.00. The predicted octanol–water partition coefficient (Wildman–Crippen LogP) is 3.22. The highest BCUT2D eigenvalue weighted by atomic mass is 16.4. The molecule has 2 heteroatoms. The summed E-state index contributed by atoms with van der Waals surface area (Å²) >= 11 is 0. The van der Waals surface area contributed by atoms with Gasteiger partial charge in [-0.1, -0.05) is 18.6 Å². The molecule has 0 radical (unpaired) electrons. The van der Waals surface area contributed by atoms with Gasteiger partial charge in [-0.05, 0) is 39.0 Å². The van der Waals surface area contributed by atoms with Crippen LogP contribution in [0.15, 0.2) is 16.8 Å². The van der Waals surface area contributed by atoms with Crippen LogP contribution in [0.5, 0.6) is 0 Å². The van der Waals surface area contributed by atoms with Crippen molar-refractivity contribution >= 4 is 6.21 Å². The second-order valence-electron chi connectivity index (χ2n) is 3.50. The summed E-state index contributed by atoms with van der Waals surface area (Å²) in [5.41, 5.74) is 1.37. The van der Waals surface area contributed by atoms with Gasteiger partial charge < -0.3 is 5.21 Å². The largest absolute Gasteiger partial charge is 0.411 e. The second-order valence-corrected chi connectivity index (χ2v) is 3.50. The van der Waals surface area contributed by atoms with Crippen LogP contribution in [0.1, 0.15) is 40.0 Å². The van der Waals surface area contributed by atoms with Crippen LogP contribution in [-0.4, -0.2) is 11.4 Å². The van der Waals surface area contributed by atoms with E-state index in [0.717, 1.165) is 19.3 Å². The van der Waals surface area contributed by atoms with E-state index in [0.29, 0.717) is 5.92 Å². The Labute approximate surface area is 75.0 Å². The monoisotopic (exact) mass is 169 g/mol. The van der Waals surface area contributed by atoms with Gasteiger partial charge in [-0.15, -0.1) is 5.16 Å². The van der Waals surface area contributed by atoms with Gasteiger partial charge in [-0.25, -0.2) is 0 Å². The molecule has 0 saturated carbocycles. The Hall–Kier alpha value is -0.790. The Morgan fingerprint density at radius 3 is 2.67 bits per heavy atom. The molecule has 0 aliphatic heterocycles. The average Bonchev–Trinajstić information content (AvgIpc) is 2.00. The molecule has 0 rings (SSSR count). The van der Waals surface area contributed by atoms with Gasteiger partial charge in [0.05, 0.1) is 0 Å². The molecule has 0 fully saturated rings. The summed E-state index contributed by atoms with van der Waals surface area (Å²) in [4.78, 5) is 0. The minimum atomic E-state index is 0.608. The second kappa shape index (κ2) is 6.89. The van der Waals surface area contributed by atoms with E-state index in [1.54, 1.807) is 6.21 Å². The third kappa shape index (κ3) is 7.32. The highest BCUT2D eigenvalue weighted by Crippen LogP contribution is 2.10. The average molecular weight is 169 g/mol. The van der Waals surface area contributed by atoms with E-state index in [9.17, 15) is 0 Å². The summed E-state index contributed by atoms with van der Waals surface area (Å²) in [6.45, 7) is 6.39. The first-order valence-corrected chi connectivity index (χ1v) is 4.46. The molecule has 12 heavy (non-hydrogen) atoms. The SMILES string of the molecule is CC(C)=CCC[C@H](C)C/C=N/O. The number of oxime groups is 1. The zero-order valence-corrected chi connectivity index (χ0v) is 8.25. The van der Waals surface area contributed by atoms with E-state index in [4.69, 9.17) is 5.21 Å². The Balaban J connectivity index is 3.43. The number of hydrogen-bond donors (Lipinski definition) is 1. The van der Waals surface area contributed by atoms with Gasteiger partial charge in [-0.2, -0.15) is 0 Å². The topological polar surface area (TPSA) is 32.6 Å². The number of allylic oxidation sites excluding steroid dienone is 2. The van der Waals surface area contributed by atoms with Crippen molar-refractivity contribution in [1.29, 1.82) is 0 Å². The molecule has 0 aromatic heterocycles. The fraction of sp³-hybridized carbons (Fsp3) is 0.700. The first kappa shape index (κ1) is 11.2. The zero-order valence-electron chi connectivity index (χ0n) is 8.25. The van der Waals surface area contributed by atoms with E-state index >= 15 is 0 Å². The van der Waals surface area contributed by atoms with E-state index < -0.39 is 0 Å². The molecule has 0 heterocycles. The maximum atomic E-state index is 8.19. The van der Waals surface area contributed by atoms with Crippen molar-refractivity contribution in [3.05, 3.63) is 11.6 Å². The van der Waals surface area contributed by atoms with Crippen LogP contribution in [0, 0.1) is 5.92 Å². The molecule has 1 atom stereocenters. The van der Waals surface area contributed by atoms with Crippen LogP contribution in [0.4, 0.5) is 0 Å². The highest BCUT2D eigenvalue weighted by Gasteiger charge is 1.97. The summed E-state index contributed by atoms with van der Waals surface area (Å²) in [7, 11) is 0. The fourth-order valence-corrected chi connectivity index (χ4v) is 1.00. The maximum absolute atomic E-state index is 8.19. The Kier molecular flexibility index (Phi) is 6.44. The van der Waals surface area contributed by atoms with Gasteiger partial charge in [0.2, 0.25) is 0 Å². The molecular weight excluding hydrogens is 150 g/mol. The lowest BCUT2D eigenvalue weighted by Crippen LogP contribution is -1.94. The third-order valence-electron chi connectivity index (χ3n) is 1.80. The molecule has 0 saturated heterocycles. The van der Waals surface area contributed by atoms with Crippen LogP contribution in [0.2, 0.25) is 0 Å². The first-order valence-electron chi connectivity index (χ1n) is 4.46. The van der Waals surface area contributed by atoms with Crippen LogP contribution in [-0.2, 0) is 0 Å². The molecule has 1 N–H and O–H groups in total. The van der Waals surface area contributed by atoms with Gasteiger partial charge in [0.25, 0.3) is 0 Å². The summed E-state index contributed by atoms with van der Waals surface area (Å²) in [6.07, 6.45) is 6.97. The normalized spacial score (nSPS) is 13.2. The quantitative estimate of drug-likeness (QED) is 0.291. The van der Waals surface area contributed by atoms with Crippen molar-refractivity contribution in [2.24, 2.45) is 11.1 Å². The molecule has 2 nitrogen and oxygen atoms in total. The van der Waals surface area contributed by atoms with Crippen LogP contribution < -0.4 is 0 Å². The Morgan fingerprint density at radius 1 is 1.50 bits per heavy atom. The highest BCUT2D eigenvalue weighted by molar-refractivity contribution is 5.56. The first-order chi connectivity index (χ1) is 5.66. The van der Waals surface area contributed by atoms with Gasteiger partial charge >= 0.3 is 0 Å². The van der Waals surface area contributed by atoms with Gasteiger partial charge in [0.15, 0.2) is 0 Å². The Morgan fingerprint density at radius 2 is 2.17 bits per heavy atom. The minimum absolute atomic E-state index is 0.608. The van der Waals surface area contributed by atoms with Crippen LogP contribution >= 0.6 is 0 Å². The van der Waals surface area contributed by atoms with E-state index in [2.05, 4.69) is 32.0 Å². The number of hydrogen-bond acceptors (Lipinski definition) is 2. The lowest BCUT2D eigenvalue weighted by atomic mass is 10.0. The van der Waals surface area contributed by atoms with E-state index in [1.165, 1.54) is 5.57 Å². The summed E-state index contributed by atoms with van der Waals surface area (Å²) in [5.74, 6) is 0.608. The van der Waals surface area contributed by atoms with Crippen LogP contribution in [0.25, 0.3) is 0 Å². The molecule has 0 aliphatic rings. The van der Waals surface area contributed by atoms with Crippen LogP contribution in [0.3, 0.4) is 0 Å². The Bertz CT molecular complexity index is 157. The summed E-state index contributed by atoms with van der Waals surface area (Å²) < 4.78 is 0. The van der Waals surface area contributed by atoms with Gasteiger partial charge in [0, 0.05) is 6.21 Å². The third-order valence-corrected chi connectivity index (χ3v) is 1.80. The molecule has 0 bridgehead atoms. The smallest absolute Gasteiger partial charge is 0.0438 e. The number of rotatable bonds is 5. The van der Waals surface area contributed by atoms with Crippen molar-refractivity contribution in [3.8, 4) is 0 Å². The molecule has 0 amide bonds. The molecule has 70 valence electrons. The minimum Gasteiger partial charge on any atom is -0.411 e. The lowest BCUT2D eigenvalue weighted by molar-refractivity contribution is 0.319. The molecular formula is C10H19NO. The van der Waals surface area contributed by atoms with Gasteiger partial charge in [-0.3, -0.25) is 0 Å². The summed E-state index contributed by atoms with van der Waals surface area (Å²) in [6, 6.07) is 0. The van der Waals surface area contributed by atoms with Crippen molar-refractivity contribution in [1.82, 2.24) is 0 Å². The van der Waals surface area contributed by atoms with E-state index in [1.807, 2.05) is 0 Å². The number of nitrogens with zero attached hydrogens (tertiary/aromatic N) is 1. The zero-order chi connectivity index (χ0) is 9.40. The van der Waals surface area contributed by atoms with E-state index in [-0.39, 0.29) is 0 Å². The molecule has 0 unspecified atom stereocenters. The standard InChI is InChI=1S/C10H19NO/c1-9(2)5-4-6-10(3)7-8-11-12/h5,8,10,12H,4,6-7H2,1-3H3/b11-8+/t10-/m0/s1. The van der Waals surface area contributed by atoms with Crippen molar-refractivity contribution in [3.63, 3.8) is 0 Å². The van der Waals surface area contributed by atoms with Crippen molar-refractivity contribution in [2.75, 3.05) is 0 Å². The summed E-state index contributed by atoms with van der Waals surface area (Å²) in [5, 5.41) is 11.2.